The summed E-state index contributed by atoms with van der Waals surface area (Å²) in [4.78, 5) is 0. The van der Waals surface area contributed by atoms with Crippen molar-refractivity contribution in [2.45, 2.75) is 19.4 Å². The second-order valence-corrected chi connectivity index (χ2v) is 3.76. The first kappa shape index (κ1) is 10.2. The first-order valence-electron chi connectivity index (χ1n) is 3.96. The minimum atomic E-state index is -0.694. The van der Waals surface area contributed by atoms with E-state index >= 15 is 0 Å². The number of halogens is 1. The second-order valence-electron chi connectivity index (χ2n) is 2.90. The van der Waals surface area contributed by atoms with Gasteiger partial charge >= 0.3 is 0 Å². The topological polar surface area (TPSA) is 44.0 Å². The lowest BCUT2D eigenvalue weighted by Gasteiger charge is -2.09. The van der Waals surface area contributed by atoms with Crippen LogP contribution >= 0.6 is 15.9 Å². The lowest BCUT2D eigenvalue weighted by molar-refractivity contribution is 0.182. The van der Waals surface area contributed by atoms with E-state index < -0.39 is 6.10 Å². The molecule has 3 heteroatoms. The maximum Gasteiger partial charge on any atom is 0.0930 e. The minimum absolute atomic E-state index is 0.127. The molecule has 68 valence electrons. The highest BCUT2D eigenvalue weighted by Crippen LogP contribution is 2.26. The molecule has 1 unspecified atom stereocenters. The van der Waals surface area contributed by atoms with Gasteiger partial charge in [0.15, 0.2) is 0 Å². The maximum atomic E-state index is 9.54. The molecule has 2 nitrogen and oxygen atoms in total. The quantitative estimate of drug-likeness (QED) is 0.863. The van der Waals surface area contributed by atoms with Gasteiger partial charge in [-0.3, -0.25) is 0 Å². The molecule has 0 fully saturated rings. The van der Waals surface area contributed by atoms with Crippen LogP contribution < -0.4 is 0 Å². The predicted octanol–water partition coefficient (Wildman–Crippen LogP) is 2.70. The zero-order valence-electron chi connectivity index (χ0n) is 7.29. The van der Waals surface area contributed by atoms with Crippen molar-refractivity contribution < 1.29 is 5.11 Å². The van der Waals surface area contributed by atoms with Gasteiger partial charge in [0.1, 0.15) is 0 Å². The summed E-state index contributed by atoms with van der Waals surface area (Å²) in [6.07, 6.45) is -0.568. The Morgan fingerprint density at radius 3 is 2.85 bits per heavy atom. The molecular weight excluding hydrogens is 230 g/mol. The van der Waals surface area contributed by atoms with Crippen molar-refractivity contribution in [2.24, 2.45) is 0 Å². The van der Waals surface area contributed by atoms with E-state index in [-0.39, 0.29) is 6.42 Å². The minimum Gasteiger partial charge on any atom is -0.387 e. The van der Waals surface area contributed by atoms with E-state index in [4.69, 9.17) is 5.26 Å². The molecule has 0 aliphatic carbocycles. The highest BCUT2D eigenvalue weighted by molar-refractivity contribution is 9.10. The molecule has 0 saturated heterocycles. The molecule has 1 aromatic carbocycles. The third-order valence-electron chi connectivity index (χ3n) is 1.80. The van der Waals surface area contributed by atoms with E-state index in [0.29, 0.717) is 0 Å². The molecule has 13 heavy (non-hydrogen) atoms. The fraction of sp³-hybridized carbons (Fsp3) is 0.300. The average molecular weight is 240 g/mol. The van der Waals surface area contributed by atoms with Crippen LogP contribution in [-0.2, 0) is 0 Å². The molecule has 0 aliphatic rings. The Bertz CT molecular complexity index is 343. The van der Waals surface area contributed by atoms with Crippen LogP contribution in [0.25, 0.3) is 0 Å². The zero-order valence-corrected chi connectivity index (χ0v) is 8.87. The summed E-state index contributed by atoms with van der Waals surface area (Å²) < 4.78 is 0.857. The van der Waals surface area contributed by atoms with Gasteiger partial charge in [-0.1, -0.05) is 28.1 Å². The Morgan fingerprint density at radius 2 is 2.31 bits per heavy atom. The number of aliphatic hydroxyl groups is 1. The second kappa shape index (κ2) is 4.40. The molecule has 0 aromatic heterocycles. The van der Waals surface area contributed by atoms with E-state index in [2.05, 4.69) is 15.9 Å². The molecule has 0 saturated carbocycles. The van der Waals surface area contributed by atoms with Crippen LogP contribution in [0.5, 0.6) is 0 Å². The molecule has 0 radical (unpaired) electrons. The molecule has 0 bridgehead atoms. The van der Waals surface area contributed by atoms with Gasteiger partial charge in [-0.05, 0) is 24.1 Å². The molecule has 0 spiro atoms. The van der Waals surface area contributed by atoms with Crippen molar-refractivity contribution in [3.8, 4) is 6.07 Å². The molecule has 1 rings (SSSR count). The number of rotatable bonds is 2. The summed E-state index contributed by atoms with van der Waals surface area (Å²) >= 11 is 3.35. The van der Waals surface area contributed by atoms with E-state index in [0.717, 1.165) is 15.6 Å². The number of hydrogen-bond acceptors (Lipinski definition) is 2. The summed E-state index contributed by atoms with van der Waals surface area (Å²) in [7, 11) is 0. The lowest BCUT2D eigenvalue weighted by atomic mass is 10.1. The van der Waals surface area contributed by atoms with Crippen molar-refractivity contribution in [3.63, 3.8) is 0 Å². The molecule has 1 N–H and O–H groups in total. The number of aryl methyl sites for hydroxylation is 1. The Morgan fingerprint density at radius 1 is 1.62 bits per heavy atom. The van der Waals surface area contributed by atoms with Crippen molar-refractivity contribution >= 4 is 15.9 Å². The van der Waals surface area contributed by atoms with E-state index in [1.807, 2.05) is 31.2 Å². The predicted molar refractivity (Wildman–Crippen MR) is 54.1 cm³/mol. The van der Waals surface area contributed by atoms with Crippen LogP contribution in [0.15, 0.2) is 22.7 Å². The van der Waals surface area contributed by atoms with Crippen molar-refractivity contribution in [1.29, 1.82) is 5.26 Å². The molecule has 0 aliphatic heterocycles. The van der Waals surface area contributed by atoms with Crippen molar-refractivity contribution in [1.82, 2.24) is 0 Å². The van der Waals surface area contributed by atoms with Crippen LogP contribution in [0, 0.1) is 18.3 Å². The van der Waals surface area contributed by atoms with Gasteiger partial charge in [-0.2, -0.15) is 5.26 Å². The van der Waals surface area contributed by atoms with Gasteiger partial charge in [-0.15, -0.1) is 0 Å². The monoisotopic (exact) mass is 239 g/mol. The lowest BCUT2D eigenvalue weighted by Crippen LogP contribution is -1.97. The van der Waals surface area contributed by atoms with E-state index in [1.165, 1.54) is 0 Å². The van der Waals surface area contributed by atoms with Crippen LogP contribution in [0.3, 0.4) is 0 Å². The molecule has 1 atom stereocenters. The maximum absolute atomic E-state index is 9.54. The first-order chi connectivity index (χ1) is 6.15. The Labute approximate surface area is 85.9 Å². The SMILES string of the molecule is Cc1ccc(C(O)CC#N)c(Br)c1. The third kappa shape index (κ3) is 2.55. The fourth-order valence-corrected chi connectivity index (χ4v) is 1.86. The summed E-state index contributed by atoms with van der Waals surface area (Å²) in [5, 5.41) is 18.0. The summed E-state index contributed by atoms with van der Waals surface area (Å²) in [6, 6.07) is 7.62. The van der Waals surface area contributed by atoms with Crippen LogP contribution in [0.4, 0.5) is 0 Å². The third-order valence-corrected chi connectivity index (χ3v) is 2.49. The Hall–Kier alpha value is -0.850. The van der Waals surface area contributed by atoms with Crippen molar-refractivity contribution in [3.05, 3.63) is 33.8 Å². The van der Waals surface area contributed by atoms with Crippen molar-refractivity contribution in [2.75, 3.05) is 0 Å². The van der Waals surface area contributed by atoms with Crippen LogP contribution in [0.1, 0.15) is 23.7 Å². The first-order valence-corrected chi connectivity index (χ1v) is 4.75. The zero-order chi connectivity index (χ0) is 9.84. The fourth-order valence-electron chi connectivity index (χ4n) is 1.10. The number of nitrogens with zero attached hydrogens (tertiary/aromatic N) is 1. The number of aliphatic hydroxyl groups excluding tert-OH is 1. The smallest absolute Gasteiger partial charge is 0.0930 e. The Kier molecular flexibility index (Phi) is 3.47. The number of nitriles is 1. The van der Waals surface area contributed by atoms with Crippen LogP contribution in [-0.4, -0.2) is 5.11 Å². The normalized spacial score (nSPS) is 12.2. The Balaban J connectivity index is 2.96. The number of hydrogen-bond donors (Lipinski definition) is 1. The number of benzene rings is 1. The van der Waals surface area contributed by atoms with E-state index in [1.54, 1.807) is 0 Å². The van der Waals surface area contributed by atoms with Crippen LogP contribution in [0.2, 0.25) is 0 Å². The van der Waals surface area contributed by atoms with Gasteiger partial charge in [0.05, 0.1) is 18.6 Å². The average Bonchev–Trinajstić information content (AvgIpc) is 2.04. The summed E-state index contributed by atoms with van der Waals surface area (Å²) in [5.74, 6) is 0. The standard InChI is InChI=1S/C10H10BrNO/c1-7-2-3-8(9(11)6-7)10(13)4-5-12/h2-3,6,10,13H,4H2,1H3. The highest BCUT2D eigenvalue weighted by atomic mass is 79.9. The highest BCUT2D eigenvalue weighted by Gasteiger charge is 2.10. The summed E-state index contributed by atoms with van der Waals surface area (Å²) in [6.45, 7) is 1.98. The van der Waals surface area contributed by atoms with Gasteiger partial charge in [0, 0.05) is 4.47 Å². The largest absolute Gasteiger partial charge is 0.387 e. The molecule has 0 heterocycles. The van der Waals surface area contributed by atoms with E-state index in [9.17, 15) is 5.11 Å². The molecule has 1 aromatic rings. The molecular formula is C10H10BrNO. The van der Waals surface area contributed by atoms with Gasteiger partial charge in [0.2, 0.25) is 0 Å². The molecule has 0 amide bonds. The van der Waals surface area contributed by atoms with Gasteiger partial charge in [-0.25, -0.2) is 0 Å². The summed E-state index contributed by atoms with van der Waals surface area (Å²) in [5.41, 5.74) is 1.90. The van der Waals surface area contributed by atoms with Gasteiger partial charge < -0.3 is 5.11 Å². The van der Waals surface area contributed by atoms with Gasteiger partial charge in [0.25, 0.3) is 0 Å².